The molecular weight excluding hydrogens is 358 g/mol. The van der Waals surface area contributed by atoms with Crippen LogP contribution in [0.1, 0.15) is 28.9 Å². The molecule has 0 amide bonds. The molecule has 1 heterocycles. The number of methoxy groups -OCH3 is 1. The molecule has 3 heteroatoms. The Balaban J connectivity index is 1.48. The molecule has 0 atom stereocenters. The van der Waals surface area contributed by atoms with Crippen LogP contribution < -0.4 is 10.1 Å². The van der Waals surface area contributed by atoms with E-state index < -0.39 is 0 Å². The molecule has 3 aromatic carbocycles. The first-order valence-electron chi connectivity index (χ1n) is 10.2. The van der Waals surface area contributed by atoms with Crippen molar-refractivity contribution in [1.29, 1.82) is 0 Å². The van der Waals surface area contributed by atoms with E-state index in [4.69, 9.17) is 9.15 Å². The van der Waals surface area contributed by atoms with E-state index in [9.17, 15) is 0 Å². The molecule has 0 saturated carbocycles. The van der Waals surface area contributed by atoms with E-state index in [1.165, 1.54) is 30.4 Å². The first-order valence-corrected chi connectivity index (χ1v) is 10.2. The molecule has 4 aromatic rings. The van der Waals surface area contributed by atoms with Crippen LogP contribution in [-0.4, -0.2) is 7.11 Å². The summed E-state index contributed by atoms with van der Waals surface area (Å²) in [4.78, 5) is 0. The first-order chi connectivity index (χ1) is 14.2. The van der Waals surface area contributed by atoms with E-state index in [2.05, 4.69) is 59.9 Å². The van der Waals surface area contributed by atoms with E-state index in [1.807, 2.05) is 13.0 Å². The Morgan fingerprint density at radius 2 is 1.79 bits per heavy atom. The van der Waals surface area contributed by atoms with Gasteiger partial charge in [-0.3, -0.25) is 0 Å². The van der Waals surface area contributed by atoms with Gasteiger partial charge in [0.1, 0.15) is 17.1 Å². The summed E-state index contributed by atoms with van der Waals surface area (Å²) in [7, 11) is 1.73. The number of hydrogen-bond donors (Lipinski definition) is 1. The van der Waals surface area contributed by atoms with Crippen molar-refractivity contribution >= 4 is 16.7 Å². The van der Waals surface area contributed by atoms with Crippen LogP contribution in [-0.2, 0) is 19.4 Å². The van der Waals surface area contributed by atoms with Crippen LogP contribution in [0.15, 0.2) is 65.1 Å². The lowest BCUT2D eigenvalue weighted by Crippen LogP contribution is -2.02. The molecule has 146 valence electrons. The number of hydrogen-bond acceptors (Lipinski definition) is 3. The summed E-state index contributed by atoms with van der Waals surface area (Å²) >= 11 is 0. The highest BCUT2D eigenvalue weighted by Crippen LogP contribution is 2.38. The van der Waals surface area contributed by atoms with Crippen LogP contribution >= 0.6 is 0 Å². The maximum atomic E-state index is 6.12. The van der Waals surface area contributed by atoms with Crippen molar-refractivity contribution in [1.82, 2.24) is 0 Å². The lowest BCUT2D eigenvalue weighted by molar-refractivity contribution is 0.411. The second-order valence-corrected chi connectivity index (χ2v) is 7.75. The second-order valence-electron chi connectivity index (χ2n) is 7.75. The quantitative estimate of drug-likeness (QED) is 0.426. The fourth-order valence-corrected chi connectivity index (χ4v) is 4.46. The third kappa shape index (κ3) is 3.27. The molecule has 1 aliphatic rings. The molecular formula is C26H25NO2. The van der Waals surface area contributed by atoms with Crippen molar-refractivity contribution in [2.75, 3.05) is 12.4 Å². The lowest BCUT2D eigenvalue weighted by atomic mass is 10.0. The smallest absolute Gasteiger partial charge is 0.135 e. The van der Waals surface area contributed by atoms with E-state index in [1.54, 1.807) is 7.11 Å². The lowest BCUT2D eigenvalue weighted by Gasteiger charge is -2.12. The zero-order chi connectivity index (χ0) is 19.8. The summed E-state index contributed by atoms with van der Waals surface area (Å²) in [6.45, 7) is 2.72. The molecule has 1 aromatic heterocycles. The molecule has 1 N–H and O–H groups in total. The number of nitrogens with one attached hydrogen (secondary N) is 1. The third-order valence-corrected chi connectivity index (χ3v) is 5.91. The number of benzene rings is 3. The zero-order valence-corrected chi connectivity index (χ0v) is 16.9. The second kappa shape index (κ2) is 7.32. The molecule has 0 radical (unpaired) electrons. The first kappa shape index (κ1) is 17.9. The maximum Gasteiger partial charge on any atom is 0.135 e. The Morgan fingerprint density at radius 1 is 0.966 bits per heavy atom. The van der Waals surface area contributed by atoms with Crippen molar-refractivity contribution in [2.24, 2.45) is 0 Å². The Hall–Kier alpha value is -3.20. The van der Waals surface area contributed by atoms with Gasteiger partial charge in [0.25, 0.3) is 0 Å². The van der Waals surface area contributed by atoms with E-state index in [0.717, 1.165) is 44.9 Å². The topological polar surface area (TPSA) is 34.4 Å². The molecule has 0 unspecified atom stereocenters. The van der Waals surface area contributed by atoms with Crippen LogP contribution in [0.2, 0.25) is 0 Å². The number of fused-ring (bicyclic) bond motifs is 2. The van der Waals surface area contributed by atoms with E-state index in [-0.39, 0.29) is 0 Å². The van der Waals surface area contributed by atoms with Crippen LogP contribution in [0.4, 0.5) is 5.69 Å². The highest BCUT2D eigenvalue weighted by atomic mass is 16.5. The monoisotopic (exact) mass is 383 g/mol. The average Bonchev–Trinajstić information content (AvgIpc) is 3.34. The molecule has 1 aliphatic carbocycles. The Labute approximate surface area is 171 Å². The van der Waals surface area contributed by atoms with Crippen molar-refractivity contribution in [3.63, 3.8) is 0 Å². The van der Waals surface area contributed by atoms with Gasteiger partial charge in [-0.15, -0.1) is 0 Å². The summed E-state index contributed by atoms with van der Waals surface area (Å²) in [5.74, 6) is 1.81. The fraction of sp³-hybridized carbons (Fsp3) is 0.231. The van der Waals surface area contributed by atoms with Gasteiger partial charge in [0.15, 0.2) is 0 Å². The number of anilines is 1. The Morgan fingerprint density at radius 3 is 2.62 bits per heavy atom. The molecule has 0 saturated heterocycles. The van der Waals surface area contributed by atoms with Gasteiger partial charge in [-0.2, -0.15) is 0 Å². The predicted molar refractivity (Wildman–Crippen MR) is 119 cm³/mol. The van der Waals surface area contributed by atoms with Gasteiger partial charge in [0.2, 0.25) is 0 Å². The van der Waals surface area contributed by atoms with Gasteiger partial charge >= 0.3 is 0 Å². The molecule has 3 nitrogen and oxygen atoms in total. The molecule has 29 heavy (non-hydrogen) atoms. The molecule has 0 bridgehead atoms. The molecule has 5 rings (SSSR count). The largest absolute Gasteiger partial charge is 0.496 e. The van der Waals surface area contributed by atoms with E-state index >= 15 is 0 Å². The average molecular weight is 383 g/mol. The highest BCUT2D eigenvalue weighted by Gasteiger charge is 2.17. The number of aryl methyl sites for hydroxylation is 3. The minimum absolute atomic E-state index is 0.693. The van der Waals surface area contributed by atoms with Crippen LogP contribution in [0.3, 0.4) is 0 Å². The number of ether oxygens (including phenoxy) is 1. The summed E-state index contributed by atoms with van der Waals surface area (Å²) in [6.07, 6.45) is 3.67. The van der Waals surface area contributed by atoms with Crippen molar-refractivity contribution in [2.45, 2.75) is 32.7 Å². The number of rotatable bonds is 5. The van der Waals surface area contributed by atoms with E-state index in [0.29, 0.717) is 6.54 Å². The third-order valence-electron chi connectivity index (χ3n) is 5.91. The van der Waals surface area contributed by atoms with Gasteiger partial charge in [-0.05, 0) is 67.1 Å². The minimum atomic E-state index is 0.693. The van der Waals surface area contributed by atoms with Crippen LogP contribution in [0.25, 0.3) is 22.1 Å². The van der Waals surface area contributed by atoms with Crippen molar-refractivity contribution < 1.29 is 9.15 Å². The van der Waals surface area contributed by atoms with Crippen LogP contribution in [0, 0.1) is 6.92 Å². The van der Waals surface area contributed by atoms with Gasteiger partial charge in [0.05, 0.1) is 7.11 Å². The van der Waals surface area contributed by atoms with Gasteiger partial charge in [-0.1, -0.05) is 36.4 Å². The normalized spacial score (nSPS) is 12.9. The minimum Gasteiger partial charge on any atom is -0.496 e. The molecule has 0 fully saturated rings. The predicted octanol–water partition coefficient (Wildman–Crippen LogP) is 6.52. The standard InChI is InChI=1S/C26H25NO2/c1-17-26(19-7-4-3-5-8-19)23-15-24(28-2)21(14-25(23)29-17)16-27-22-12-11-18-9-6-10-20(18)13-22/h3-5,7-8,11-15,27H,6,9-10,16H2,1-2H3. The number of furan rings is 1. The molecule has 0 spiro atoms. The highest BCUT2D eigenvalue weighted by molar-refractivity contribution is 5.97. The van der Waals surface area contributed by atoms with Crippen molar-refractivity contribution in [3.05, 3.63) is 83.1 Å². The summed E-state index contributed by atoms with van der Waals surface area (Å²) < 4.78 is 11.9. The summed E-state index contributed by atoms with van der Waals surface area (Å²) in [6, 6.07) is 21.3. The van der Waals surface area contributed by atoms with Gasteiger partial charge in [-0.25, -0.2) is 0 Å². The Bertz CT molecular complexity index is 1170. The van der Waals surface area contributed by atoms with Crippen LogP contribution in [0.5, 0.6) is 5.75 Å². The zero-order valence-electron chi connectivity index (χ0n) is 16.9. The van der Waals surface area contributed by atoms with Crippen molar-refractivity contribution in [3.8, 4) is 16.9 Å². The maximum absolute atomic E-state index is 6.12. The fourth-order valence-electron chi connectivity index (χ4n) is 4.46. The Kier molecular flexibility index (Phi) is 4.51. The SMILES string of the molecule is COc1cc2c(-c3ccccc3)c(C)oc2cc1CNc1ccc2c(c1)CCC2. The summed E-state index contributed by atoms with van der Waals surface area (Å²) in [5.41, 5.74) is 8.42. The summed E-state index contributed by atoms with van der Waals surface area (Å²) in [5, 5.41) is 4.65. The van der Waals surface area contributed by atoms with Gasteiger partial charge < -0.3 is 14.5 Å². The molecule has 0 aliphatic heterocycles. The van der Waals surface area contributed by atoms with Gasteiger partial charge in [0, 0.05) is 28.7 Å².